The molecule has 2 atom stereocenters. The van der Waals surface area contributed by atoms with Gasteiger partial charge in [-0.25, -0.2) is 4.98 Å². The van der Waals surface area contributed by atoms with Crippen molar-refractivity contribution < 1.29 is 4.74 Å². The zero-order valence-electron chi connectivity index (χ0n) is 10.3. The van der Waals surface area contributed by atoms with E-state index in [4.69, 9.17) is 4.74 Å². The molecule has 0 bridgehead atoms. The van der Waals surface area contributed by atoms with Gasteiger partial charge in [0.2, 0.25) is 5.13 Å². The van der Waals surface area contributed by atoms with Gasteiger partial charge in [0.25, 0.3) is 0 Å². The normalized spacial score (nSPS) is 27.5. The number of hydrogen-bond acceptors (Lipinski definition) is 5. The predicted molar refractivity (Wildman–Crippen MR) is 65.9 cm³/mol. The summed E-state index contributed by atoms with van der Waals surface area (Å²) in [5, 5.41) is 4.39. The lowest BCUT2D eigenvalue weighted by atomic mass is 9.64. The molecule has 1 fully saturated rings. The van der Waals surface area contributed by atoms with Gasteiger partial charge < -0.3 is 10.1 Å². The molecule has 1 aliphatic rings. The molecule has 1 aliphatic carbocycles. The summed E-state index contributed by atoms with van der Waals surface area (Å²) in [6.45, 7) is 6.52. The van der Waals surface area contributed by atoms with Gasteiger partial charge in [-0.3, -0.25) is 0 Å². The van der Waals surface area contributed by atoms with Crippen LogP contribution in [-0.4, -0.2) is 28.6 Å². The van der Waals surface area contributed by atoms with E-state index in [9.17, 15) is 0 Å². The number of nitrogens with zero attached hydrogens (tertiary/aromatic N) is 2. The Morgan fingerprint density at radius 2 is 2.31 bits per heavy atom. The smallest absolute Gasteiger partial charge is 0.202 e. The first-order chi connectivity index (χ1) is 7.57. The highest BCUT2D eigenvalue weighted by Gasteiger charge is 2.48. The quantitative estimate of drug-likeness (QED) is 0.879. The van der Waals surface area contributed by atoms with Gasteiger partial charge >= 0.3 is 0 Å². The van der Waals surface area contributed by atoms with Crippen molar-refractivity contribution in [3.05, 3.63) is 5.82 Å². The second-order valence-electron chi connectivity index (χ2n) is 4.85. The fraction of sp³-hybridized carbons (Fsp3) is 0.818. The van der Waals surface area contributed by atoms with Crippen LogP contribution < -0.4 is 5.32 Å². The Hall–Kier alpha value is -0.680. The summed E-state index contributed by atoms with van der Waals surface area (Å²) in [5.41, 5.74) is 0.173. The summed E-state index contributed by atoms with van der Waals surface area (Å²) in [6, 6.07) is 0.440. The minimum Gasteiger partial charge on any atom is -0.381 e. The lowest BCUT2D eigenvalue weighted by Gasteiger charge is -2.51. The van der Waals surface area contributed by atoms with Crippen LogP contribution in [0.4, 0.5) is 5.13 Å². The Morgan fingerprint density at radius 1 is 1.56 bits per heavy atom. The van der Waals surface area contributed by atoms with E-state index in [-0.39, 0.29) is 5.41 Å². The van der Waals surface area contributed by atoms with Gasteiger partial charge in [0, 0.05) is 36.5 Å². The van der Waals surface area contributed by atoms with Crippen LogP contribution in [0, 0.1) is 5.41 Å². The summed E-state index contributed by atoms with van der Waals surface area (Å²) in [7, 11) is 1.78. The molecule has 0 aliphatic heterocycles. The summed E-state index contributed by atoms with van der Waals surface area (Å²) < 4.78 is 9.69. The van der Waals surface area contributed by atoms with Crippen LogP contribution in [0.3, 0.4) is 0 Å². The summed E-state index contributed by atoms with van der Waals surface area (Å²) in [4.78, 5) is 4.42. The van der Waals surface area contributed by atoms with Crippen LogP contribution in [0.1, 0.15) is 33.0 Å². The largest absolute Gasteiger partial charge is 0.381 e. The third-order valence-electron chi connectivity index (χ3n) is 3.54. The van der Waals surface area contributed by atoms with Crippen molar-refractivity contribution in [2.75, 3.05) is 12.4 Å². The molecule has 1 aromatic heterocycles. The predicted octanol–water partition coefficient (Wildman–Crippen LogP) is 2.33. The van der Waals surface area contributed by atoms with Gasteiger partial charge in [0.15, 0.2) is 0 Å². The maximum absolute atomic E-state index is 5.42. The second kappa shape index (κ2) is 4.30. The van der Waals surface area contributed by atoms with Crippen molar-refractivity contribution >= 4 is 16.7 Å². The summed E-state index contributed by atoms with van der Waals surface area (Å²) in [6.07, 6.45) is 2.29. The van der Waals surface area contributed by atoms with Crippen LogP contribution in [0.5, 0.6) is 0 Å². The topological polar surface area (TPSA) is 47.0 Å². The first-order valence-electron chi connectivity index (χ1n) is 5.69. The SMILES string of the molecule is CCc1nsc(NC2CC(OC)C2(C)C)n1. The Balaban J connectivity index is 1.96. The average molecular weight is 241 g/mol. The number of ether oxygens (including phenoxy) is 1. The Kier molecular flexibility index (Phi) is 3.17. The average Bonchev–Trinajstić information content (AvgIpc) is 2.71. The highest BCUT2D eigenvalue weighted by Crippen LogP contribution is 2.44. The van der Waals surface area contributed by atoms with E-state index < -0.39 is 0 Å². The van der Waals surface area contributed by atoms with Crippen molar-refractivity contribution in [2.24, 2.45) is 5.41 Å². The van der Waals surface area contributed by atoms with Crippen molar-refractivity contribution in [3.8, 4) is 0 Å². The van der Waals surface area contributed by atoms with Gasteiger partial charge in [-0.05, 0) is 6.42 Å². The maximum atomic E-state index is 5.42. The highest BCUT2D eigenvalue weighted by molar-refractivity contribution is 7.09. The van der Waals surface area contributed by atoms with Gasteiger partial charge in [-0.2, -0.15) is 4.37 Å². The molecule has 90 valence electrons. The fourth-order valence-electron chi connectivity index (χ4n) is 2.14. The number of aromatic nitrogens is 2. The molecule has 0 amide bonds. The first-order valence-corrected chi connectivity index (χ1v) is 6.47. The van der Waals surface area contributed by atoms with Gasteiger partial charge in [-0.15, -0.1) is 0 Å². The van der Waals surface area contributed by atoms with E-state index in [0.29, 0.717) is 12.1 Å². The van der Waals surface area contributed by atoms with E-state index in [2.05, 4.69) is 35.4 Å². The van der Waals surface area contributed by atoms with E-state index in [1.54, 1.807) is 7.11 Å². The number of nitrogens with one attached hydrogen (secondary N) is 1. The molecule has 0 spiro atoms. The molecule has 1 aromatic rings. The lowest BCUT2D eigenvalue weighted by molar-refractivity contribution is -0.0794. The first kappa shape index (κ1) is 11.8. The van der Waals surface area contributed by atoms with Gasteiger partial charge in [-0.1, -0.05) is 20.8 Å². The molecule has 0 radical (unpaired) electrons. The van der Waals surface area contributed by atoms with Crippen LogP contribution in [0.15, 0.2) is 0 Å². The number of anilines is 1. The molecule has 0 saturated heterocycles. The number of rotatable bonds is 4. The fourth-order valence-corrected chi connectivity index (χ4v) is 2.84. The summed E-state index contributed by atoms with van der Waals surface area (Å²) in [5.74, 6) is 0.924. The Bertz CT molecular complexity index is 364. The van der Waals surface area contributed by atoms with E-state index in [1.807, 2.05) is 0 Å². The lowest BCUT2D eigenvalue weighted by Crippen LogP contribution is -2.57. The van der Waals surface area contributed by atoms with Gasteiger partial charge in [0.05, 0.1) is 6.10 Å². The molecule has 2 rings (SSSR count). The third-order valence-corrected chi connectivity index (χ3v) is 4.23. The molecule has 5 heteroatoms. The molecular formula is C11H19N3OS. The minimum atomic E-state index is 0.173. The molecule has 16 heavy (non-hydrogen) atoms. The van der Waals surface area contributed by atoms with Gasteiger partial charge in [0.1, 0.15) is 5.82 Å². The molecule has 4 nitrogen and oxygen atoms in total. The summed E-state index contributed by atoms with van der Waals surface area (Å²) >= 11 is 1.45. The Labute approximate surface area is 101 Å². The molecule has 2 unspecified atom stereocenters. The van der Waals surface area contributed by atoms with Crippen LogP contribution in [0.2, 0.25) is 0 Å². The number of methoxy groups -OCH3 is 1. The zero-order valence-corrected chi connectivity index (χ0v) is 11.1. The van der Waals surface area contributed by atoms with Crippen molar-refractivity contribution in [1.29, 1.82) is 0 Å². The molecular weight excluding hydrogens is 222 g/mol. The molecule has 1 heterocycles. The standard InChI is InChI=1S/C11H19N3OS/c1-5-9-13-10(16-14-9)12-7-6-8(15-4)11(7,2)3/h7-8H,5-6H2,1-4H3,(H,12,13,14). The molecule has 1 N–H and O–H groups in total. The van der Waals surface area contributed by atoms with Crippen LogP contribution >= 0.6 is 11.5 Å². The number of aryl methyl sites for hydroxylation is 1. The van der Waals surface area contributed by atoms with E-state index in [1.165, 1.54) is 11.5 Å². The second-order valence-corrected chi connectivity index (χ2v) is 5.60. The van der Waals surface area contributed by atoms with Crippen LogP contribution in [-0.2, 0) is 11.2 Å². The van der Waals surface area contributed by atoms with Crippen molar-refractivity contribution in [2.45, 2.75) is 45.8 Å². The zero-order chi connectivity index (χ0) is 11.8. The van der Waals surface area contributed by atoms with Crippen LogP contribution in [0.25, 0.3) is 0 Å². The third kappa shape index (κ3) is 1.94. The van der Waals surface area contributed by atoms with E-state index >= 15 is 0 Å². The van der Waals surface area contributed by atoms with E-state index in [0.717, 1.165) is 23.8 Å². The van der Waals surface area contributed by atoms with Crippen molar-refractivity contribution in [1.82, 2.24) is 9.36 Å². The Morgan fingerprint density at radius 3 is 2.81 bits per heavy atom. The monoisotopic (exact) mass is 241 g/mol. The van der Waals surface area contributed by atoms with Crippen molar-refractivity contribution in [3.63, 3.8) is 0 Å². The maximum Gasteiger partial charge on any atom is 0.202 e. The molecule has 0 aromatic carbocycles. The highest BCUT2D eigenvalue weighted by atomic mass is 32.1. The molecule has 1 saturated carbocycles. The minimum absolute atomic E-state index is 0.173. The number of hydrogen-bond donors (Lipinski definition) is 1.